The predicted molar refractivity (Wildman–Crippen MR) is 350 cm³/mol. The van der Waals surface area contributed by atoms with Gasteiger partial charge < -0.3 is 9.80 Å². The van der Waals surface area contributed by atoms with Gasteiger partial charge >= 0.3 is 0 Å². The Hall–Kier alpha value is -4.34. The maximum atomic E-state index is 16.1. The van der Waals surface area contributed by atoms with Gasteiger partial charge in [-0.1, -0.05) is 217 Å². The van der Waals surface area contributed by atoms with Gasteiger partial charge in [-0.3, -0.25) is 9.59 Å². The fourth-order valence-electron chi connectivity index (χ4n) is 12.3. The minimum Gasteiger partial charge on any atom is -0.306 e. The molecular weight excluding hydrogens is 1050 g/mol. The fourth-order valence-corrected chi connectivity index (χ4v) is 16.6. The van der Waals surface area contributed by atoms with Gasteiger partial charge in [-0.05, 0) is 145 Å². The topological polar surface area (TPSA) is 40.6 Å². The van der Waals surface area contributed by atoms with E-state index in [9.17, 15) is 0 Å². The van der Waals surface area contributed by atoms with Crippen LogP contribution in [0.4, 0.5) is 0 Å². The molecule has 8 heteroatoms. The molecule has 2 aliphatic heterocycles. The number of amides is 2. The average molecular weight is 1150 g/mol. The molecule has 2 unspecified atom stereocenters. The fraction of sp³-hybridized carbons (Fsp3) is 0.528. The van der Waals surface area contributed by atoms with Gasteiger partial charge in [0.1, 0.15) is 0 Å². The lowest BCUT2D eigenvalue weighted by Crippen LogP contribution is -2.34. The van der Waals surface area contributed by atoms with Crippen molar-refractivity contribution in [1.29, 1.82) is 0 Å². The highest BCUT2D eigenvalue weighted by molar-refractivity contribution is 7.22. The Morgan fingerprint density at radius 2 is 0.675 bits per heavy atom. The predicted octanol–water partition coefficient (Wildman–Crippen LogP) is 22.1. The Morgan fingerprint density at radius 1 is 0.350 bits per heavy atom. The first-order valence-electron chi connectivity index (χ1n) is 31.9. The number of aryl methyl sites for hydroxylation is 4. The van der Waals surface area contributed by atoms with Crippen molar-refractivity contribution < 1.29 is 9.59 Å². The summed E-state index contributed by atoms with van der Waals surface area (Å²) in [5.74, 6) is 0.828. The van der Waals surface area contributed by atoms with Crippen molar-refractivity contribution in [3.05, 3.63) is 151 Å². The number of hydrogen-bond acceptors (Lipinski definition) is 6. The van der Waals surface area contributed by atoms with Crippen molar-refractivity contribution in [1.82, 2.24) is 9.80 Å². The van der Waals surface area contributed by atoms with Crippen LogP contribution in [0.25, 0.3) is 30.9 Å². The van der Waals surface area contributed by atoms with Gasteiger partial charge in [-0.15, -0.1) is 45.3 Å². The van der Waals surface area contributed by atoms with E-state index in [2.05, 4.69) is 145 Å². The molecule has 0 saturated carbocycles. The molecule has 4 aromatic heterocycles. The number of rotatable bonds is 40. The molecule has 0 aliphatic carbocycles. The van der Waals surface area contributed by atoms with E-state index in [1.165, 1.54) is 170 Å². The van der Waals surface area contributed by atoms with Crippen molar-refractivity contribution in [3.8, 4) is 19.5 Å². The summed E-state index contributed by atoms with van der Waals surface area (Å²) in [4.78, 5) is 43.4. The summed E-state index contributed by atoms with van der Waals surface area (Å²) >= 11 is 7.21. The lowest BCUT2D eigenvalue weighted by atomic mass is 9.93. The Morgan fingerprint density at radius 3 is 1.05 bits per heavy atom. The SMILES string of the molecule is CCCCCCCCC(CCCCCC)CN1C(=O)C2=C(c3ccc(-c4cc(CCCc5ccccc5)cs4)s3)N(CC(CCCCCC)CCCCCCCC)C(=O)C2=C1c1ccc(-c2cc(CCCc3ccccc3)cs2)s1. The standard InChI is InChI=1S/C72H96N2O2S4/c1-5-9-13-17-19-25-39-57(37-23-15-11-7-3)51-73-69(63-47-45-61(79-63)65-49-59(53-77-65)43-31-41-55-33-27-21-28-34-55)67-68(71(73)75)70(74(72(67)76)52-58(38-24-16-12-8-4)40-26-20-18-14-10-6-2)64-48-46-62(80-64)66-50-60(54-78-66)44-32-42-56-35-29-22-30-36-56/h21-22,27-30,33-36,45-50,53-54,57-58H,5-20,23-26,31-32,37-44,51-52H2,1-4H3. The van der Waals surface area contributed by atoms with E-state index < -0.39 is 0 Å². The molecule has 0 spiro atoms. The molecule has 2 atom stereocenters. The number of unbranched alkanes of at least 4 members (excludes halogenated alkanes) is 16. The van der Waals surface area contributed by atoms with Gasteiger partial charge in [0.25, 0.3) is 11.8 Å². The molecule has 4 nitrogen and oxygen atoms in total. The monoisotopic (exact) mass is 1150 g/mol. The van der Waals surface area contributed by atoms with Gasteiger partial charge in [-0.2, -0.15) is 0 Å². The van der Waals surface area contributed by atoms with Crippen LogP contribution in [-0.4, -0.2) is 34.7 Å². The van der Waals surface area contributed by atoms with Crippen LogP contribution < -0.4 is 0 Å². The van der Waals surface area contributed by atoms with Gasteiger partial charge in [0, 0.05) is 32.6 Å². The number of nitrogens with zero attached hydrogens (tertiary/aromatic N) is 2. The third-order valence-corrected chi connectivity index (χ3v) is 21.5. The summed E-state index contributed by atoms with van der Waals surface area (Å²) < 4.78 is 0. The maximum absolute atomic E-state index is 16.1. The molecular formula is C72H96N2O2S4. The summed E-state index contributed by atoms with van der Waals surface area (Å²) in [5, 5.41) is 4.68. The zero-order valence-electron chi connectivity index (χ0n) is 49.5. The maximum Gasteiger partial charge on any atom is 0.261 e. The molecule has 6 heterocycles. The van der Waals surface area contributed by atoms with Crippen molar-refractivity contribution in [3.63, 3.8) is 0 Å². The highest BCUT2D eigenvalue weighted by Gasteiger charge is 2.50. The second-order valence-electron chi connectivity index (χ2n) is 23.5. The van der Waals surface area contributed by atoms with Gasteiger partial charge in [0.15, 0.2) is 0 Å². The molecule has 6 aromatic rings. The lowest BCUT2D eigenvalue weighted by Gasteiger charge is -2.29. The molecule has 430 valence electrons. The van der Waals surface area contributed by atoms with Crippen LogP contribution in [0.1, 0.15) is 227 Å². The molecule has 0 bridgehead atoms. The van der Waals surface area contributed by atoms with Gasteiger partial charge in [0.2, 0.25) is 0 Å². The van der Waals surface area contributed by atoms with E-state index in [1.807, 2.05) is 22.7 Å². The van der Waals surface area contributed by atoms with E-state index in [0.717, 1.165) is 85.4 Å². The van der Waals surface area contributed by atoms with Crippen molar-refractivity contribution >= 4 is 68.6 Å². The normalized spacial score (nSPS) is 14.4. The largest absolute Gasteiger partial charge is 0.306 e. The lowest BCUT2D eigenvalue weighted by molar-refractivity contribution is -0.124. The highest BCUT2D eigenvalue weighted by Crippen LogP contribution is 2.51. The minimum absolute atomic E-state index is 0.0383. The molecule has 0 radical (unpaired) electrons. The molecule has 2 aliphatic rings. The quantitative estimate of drug-likeness (QED) is 0.0360. The van der Waals surface area contributed by atoms with Crippen LogP contribution in [0.3, 0.4) is 0 Å². The van der Waals surface area contributed by atoms with Crippen molar-refractivity contribution in [2.75, 3.05) is 13.1 Å². The number of hydrogen-bond donors (Lipinski definition) is 0. The zero-order valence-corrected chi connectivity index (χ0v) is 52.8. The molecule has 8 rings (SSSR count). The number of carbonyl (C=O) groups is 2. The second kappa shape index (κ2) is 33.7. The summed E-state index contributed by atoms with van der Waals surface area (Å²) in [5.41, 5.74) is 8.62. The Labute approximate surface area is 500 Å². The number of thiophene rings is 4. The van der Waals surface area contributed by atoms with Crippen LogP contribution in [-0.2, 0) is 35.3 Å². The van der Waals surface area contributed by atoms with Crippen LogP contribution in [0.5, 0.6) is 0 Å². The number of fused-ring (bicyclic) bond motifs is 1. The molecule has 2 amide bonds. The Balaban J connectivity index is 1.16. The number of carbonyl (C=O) groups excluding carboxylic acids is 2. The van der Waals surface area contributed by atoms with Crippen LogP contribution in [0.2, 0.25) is 0 Å². The molecule has 0 saturated heterocycles. The van der Waals surface area contributed by atoms with Crippen LogP contribution in [0, 0.1) is 11.8 Å². The highest BCUT2D eigenvalue weighted by atomic mass is 32.1. The third kappa shape index (κ3) is 17.8. The molecule has 2 aromatic carbocycles. The summed E-state index contributed by atoms with van der Waals surface area (Å²) in [6.07, 6.45) is 35.9. The van der Waals surface area contributed by atoms with Crippen molar-refractivity contribution in [2.24, 2.45) is 11.8 Å². The van der Waals surface area contributed by atoms with E-state index in [4.69, 9.17) is 0 Å². The molecule has 80 heavy (non-hydrogen) atoms. The van der Waals surface area contributed by atoms with E-state index in [-0.39, 0.29) is 11.8 Å². The first-order valence-corrected chi connectivity index (χ1v) is 35.3. The first kappa shape index (κ1) is 61.7. The van der Waals surface area contributed by atoms with E-state index >= 15 is 9.59 Å². The van der Waals surface area contributed by atoms with Crippen LogP contribution in [0.15, 0.2) is 119 Å². The Bertz CT molecular complexity index is 2630. The van der Waals surface area contributed by atoms with Crippen molar-refractivity contribution in [2.45, 2.75) is 220 Å². The third-order valence-electron chi connectivity index (χ3n) is 16.9. The Kier molecular flexibility index (Phi) is 26.0. The minimum atomic E-state index is 0.0383. The number of benzene rings is 2. The average Bonchev–Trinajstić information content (AvgIpc) is 4.55. The summed E-state index contributed by atoms with van der Waals surface area (Å²) in [6, 6.07) is 35.5. The zero-order chi connectivity index (χ0) is 55.7. The molecule has 0 fully saturated rings. The summed E-state index contributed by atoms with van der Waals surface area (Å²) in [6.45, 7) is 10.5. The van der Waals surface area contributed by atoms with Gasteiger partial charge in [-0.25, -0.2) is 0 Å². The van der Waals surface area contributed by atoms with E-state index in [1.54, 1.807) is 22.7 Å². The smallest absolute Gasteiger partial charge is 0.261 e. The second-order valence-corrected chi connectivity index (χ2v) is 27.5. The first-order chi connectivity index (χ1) is 39.4. The molecule has 0 N–H and O–H groups in total. The van der Waals surface area contributed by atoms with E-state index in [0.29, 0.717) is 36.1 Å². The summed E-state index contributed by atoms with van der Waals surface area (Å²) in [7, 11) is 0. The van der Waals surface area contributed by atoms with Crippen LogP contribution >= 0.6 is 45.3 Å². The van der Waals surface area contributed by atoms with Gasteiger partial charge in [0.05, 0.1) is 32.3 Å².